The van der Waals surface area contributed by atoms with Crippen molar-refractivity contribution in [1.29, 1.82) is 0 Å². The summed E-state index contributed by atoms with van der Waals surface area (Å²) in [5.41, 5.74) is 8.47. The summed E-state index contributed by atoms with van der Waals surface area (Å²) in [5.74, 6) is 0.360. The van der Waals surface area contributed by atoms with Crippen LogP contribution in [0, 0.1) is 6.92 Å². The van der Waals surface area contributed by atoms with E-state index in [-0.39, 0.29) is 12.5 Å². The standard InChI is InChI=1S/C16H18N2O2/c1-12-7-8-15(14(17)9-12)20-11-16(19)18-10-13-5-3-2-4-6-13/h2-9H,10-11,17H2,1H3,(H,18,19). The Morgan fingerprint density at radius 2 is 1.95 bits per heavy atom. The third-order valence-electron chi connectivity index (χ3n) is 2.86. The monoisotopic (exact) mass is 270 g/mol. The zero-order valence-corrected chi connectivity index (χ0v) is 11.4. The molecule has 0 saturated heterocycles. The molecular formula is C16H18N2O2. The van der Waals surface area contributed by atoms with Crippen molar-refractivity contribution in [2.75, 3.05) is 12.3 Å². The maximum absolute atomic E-state index is 11.7. The van der Waals surface area contributed by atoms with Gasteiger partial charge in [0.15, 0.2) is 6.61 Å². The molecule has 0 bridgehead atoms. The molecule has 0 heterocycles. The van der Waals surface area contributed by atoms with Crippen LogP contribution in [0.3, 0.4) is 0 Å². The molecule has 104 valence electrons. The smallest absolute Gasteiger partial charge is 0.258 e. The molecule has 2 rings (SSSR count). The number of nitrogens with two attached hydrogens (primary N) is 1. The molecule has 0 aliphatic carbocycles. The molecule has 0 atom stereocenters. The van der Waals surface area contributed by atoms with Gasteiger partial charge in [-0.05, 0) is 30.2 Å². The number of amides is 1. The lowest BCUT2D eigenvalue weighted by atomic mass is 10.2. The van der Waals surface area contributed by atoms with Gasteiger partial charge in [-0.15, -0.1) is 0 Å². The first-order valence-electron chi connectivity index (χ1n) is 6.44. The third-order valence-corrected chi connectivity index (χ3v) is 2.86. The van der Waals surface area contributed by atoms with Gasteiger partial charge in [-0.1, -0.05) is 36.4 Å². The first-order valence-corrected chi connectivity index (χ1v) is 6.44. The lowest BCUT2D eigenvalue weighted by molar-refractivity contribution is -0.123. The Labute approximate surface area is 118 Å². The number of aryl methyl sites for hydroxylation is 1. The van der Waals surface area contributed by atoms with E-state index in [0.717, 1.165) is 11.1 Å². The normalized spacial score (nSPS) is 10.1. The van der Waals surface area contributed by atoms with E-state index >= 15 is 0 Å². The maximum atomic E-state index is 11.7. The highest BCUT2D eigenvalue weighted by Gasteiger charge is 2.05. The van der Waals surface area contributed by atoms with E-state index in [1.807, 2.05) is 49.4 Å². The molecule has 0 saturated carbocycles. The van der Waals surface area contributed by atoms with Crippen molar-refractivity contribution in [2.45, 2.75) is 13.5 Å². The summed E-state index contributed by atoms with van der Waals surface area (Å²) < 4.78 is 5.40. The van der Waals surface area contributed by atoms with Gasteiger partial charge in [0.25, 0.3) is 5.91 Å². The molecule has 0 aliphatic heterocycles. The lowest BCUT2D eigenvalue weighted by Crippen LogP contribution is -2.28. The topological polar surface area (TPSA) is 64.3 Å². The minimum atomic E-state index is -0.172. The molecule has 3 N–H and O–H groups in total. The number of ether oxygens (including phenoxy) is 1. The summed E-state index contributed by atoms with van der Waals surface area (Å²) in [6.07, 6.45) is 0. The number of hydrogen-bond acceptors (Lipinski definition) is 3. The van der Waals surface area contributed by atoms with E-state index in [0.29, 0.717) is 18.0 Å². The van der Waals surface area contributed by atoms with E-state index in [1.165, 1.54) is 0 Å². The largest absolute Gasteiger partial charge is 0.482 e. The van der Waals surface area contributed by atoms with Crippen LogP contribution >= 0.6 is 0 Å². The second kappa shape index (κ2) is 6.61. The van der Waals surface area contributed by atoms with Crippen LogP contribution in [0.5, 0.6) is 5.75 Å². The van der Waals surface area contributed by atoms with E-state index in [9.17, 15) is 4.79 Å². The highest BCUT2D eigenvalue weighted by molar-refractivity contribution is 5.77. The molecule has 0 aliphatic rings. The van der Waals surface area contributed by atoms with Crippen molar-refractivity contribution in [3.05, 3.63) is 59.7 Å². The first kappa shape index (κ1) is 13.9. The highest BCUT2D eigenvalue weighted by atomic mass is 16.5. The molecule has 20 heavy (non-hydrogen) atoms. The van der Waals surface area contributed by atoms with Gasteiger partial charge < -0.3 is 15.8 Å². The number of benzene rings is 2. The van der Waals surface area contributed by atoms with Crippen LogP contribution in [0.4, 0.5) is 5.69 Å². The Morgan fingerprint density at radius 3 is 2.65 bits per heavy atom. The van der Waals surface area contributed by atoms with Crippen molar-refractivity contribution >= 4 is 11.6 Å². The number of rotatable bonds is 5. The summed E-state index contributed by atoms with van der Waals surface area (Å²) in [6.45, 7) is 2.40. The SMILES string of the molecule is Cc1ccc(OCC(=O)NCc2ccccc2)c(N)c1. The fraction of sp³-hybridized carbons (Fsp3) is 0.188. The van der Waals surface area contributed by atoms with Crippen molar-refractivity contribution in [3.63, 3.8) is 0 Å². The molecule has 4 nitrogen and oxygen atoms in total. The van der Waals surface area contributed by atoms with Crippen molar-refractivity contribution in [3.8, 4) is 5.75 Å². The van der Waals surface area contributed by atoms with Gasteiger partial charge in [0.05, 0.1) is 5.69 Å². The molecule has 0 aromatic heterocycles. The fourth-order valence-corrected chi connectivity index (χ4v) is 1.79. The average molecular weight is 270 g/mol. The zero-order valence-electron chi connectivity index (χ0n) is 11.4. The first-order chi connectivity index (χ1) is 9.65. The molecule has 2 aromatic rings. The van der Waals surface area contributed by atoms with Crippen molar-refractivity contribution in [2.24, 2.45) is 0 Å². The van der Waals surface area contributed by atoms with E-state index < -0.39 is 0 Å². The molecule has 4 heteroatoms. The van der Waals surface area contributed by atoms with Gasteiger partial charge in [0.2, 0.25) is 0 Å². The number of carbonyl (C=O) groups is 1. The van der Waals surface area contributed by atoms with Gasteiger partial charge in [0, 0.05) is 6.54 Å². The van der Waals surface area contributed by atoms with Crippen LogP contribution in [0.2, 0.25) is 0 Å². The van der Waals surface area contributed by atoms with E-state index in [2.05, 4.69) is 5.32 Å². The highest BCUT2D eigenvalue weighted by Crippen LogP contribution is 2.21. The Hall–Kier alpha value is -2.49. The van der Waals surface area contributed by atoms with Crippen LogP contribution in [-0.2, 0) is 11.3 Å². The van der Waals surface area contributed by atoms with Gasteiger partial charge in [-0.25, -0.2) is 0 Å². The number of nitrogen functional groups attached to an aromatic ring is 1. The van der Waals surface area contributed by atoms with Gasteiger partial charge in [-0.3, -0.25) is 4.79 Å². The lowest BCUT2D eigenvalue weighted by Gasteiger charge is -2.10. The summed E-state index contributed by atoms with van der Waals surface area (Å²) in [5, 5.41) is 2.80. The Bertz CT molecular complexity index is 582. The Kier molecular flexibility index (Phi) is 4.60. The van der Waals surface area contributed by atoms with E-state index in [1.54, 1.807) is 6.07 Å². The van der Waals surface area contributed by atoms with Crippen molar-refractivity contribution in [1.82, 2.24) is 5.32 Å². The Morgan fingerprint density at radius 1 is 1.20 bits per heavy atom. The molecule has 0 fully saturated rings. The quantitative estimate of drug-likeness (QED) is 0.819. The number of nitrogens with one attached hydrogen (secondary N) is 1. The molecule has 0 radical (unpaired) electrons. The summed E-state index contributed by atoms with van der Waals surface area (Å²) in [6, 6.07) is 15.2. The molecule has 0 unspecified atom stereocenters. The van der Waals surface area contributed by atoms with Crippen LogP contribution in [0.15, 0.2) is 48.5 Å². The number of anilines is 1. The van der Waals surface area contributed by atoms with Gasteiger partial charge in [0.1, 0.15) is 5.75 Å². The zero-order chi connectivity index (χ0) is 14.4. The maximum Gasteiger partial charge on any atom is 0.258 e. The van der Waals surface area contributed by atoms with Crippen molar-refractivity contribution < 1.29 is 9.53 Å². The minimum absolute atomic E-state index is 0.0416. The van der Waals surface area contributed by atoms with Gasteiger partial charge >= 0.3 is 0 Å². The molecule has 0 spiro atoms. The second-order valence-corrected chi connectivity index (χ2v) is 4.59. The predicted octanol–water partition coefficient (Wildman–Crippen LogP) is 2.27. The van der Waals surface area contributed by atoms with Crippen LogP contribution in [0.25, 0.3) is 0 Å². The Balaban J connectivity index is 1.80. The van der Waals surface area contributed by atoms with Gasteiger partial charge in [-0.2, -0.15) is 0 Å². The minimum Gasteiger partial charge on any atom is -0.482 e. The van der Waals surface area contributed by atoms with Crippen LogP contribution in [0.1, 0.15) is 11.1 Å². The van der Waals surface area contributed by atoms with Crippen LogP contribution in [-0.4, -0.2) is 12.5 Å². The van der Waals surface area contributed by atoms with Crippen LogP contribution < -0.4 is 15.8 Å². The number of carbonyl (C=O) groups excluding carboxylic acids is 1. The summed E-state index contributed by atoms with van der Waals surface area (Å²) >= 11 is 0. The summed E-state index contributed by atoms with van der Waals surface area (Å²) in [4.78, 5) is 11.7. The van der Waals surface area contributed by atoms with E-state index in [4.69, 9.17) is 10.5 Å². The molecular weight excluding hydrogens is 252 g/mol. The predicted molar refractivity (Wildman–Crippen MR) is 79.4 cm³/mol. The second-order valence-electron chi connectivity index (χ2n) is 4.59. The summed E-state index contributed by atoms with van der Waals surface area (Å²) in [7, 11) is 0. The molecule has 2 aromatic carbocycles. The average Bonchev–Trinajstić information content (AvgIpc) is 2.45. The molecule has 1 amide bonds. The third kappa shape index (κ3) is 4.02. The number of hydrogen-bond donors (Lipinski definition) is 2. The fourth-order valence-electron chi connectivity index (χ4n) is 1.79.